The predicted octanol–water partition coefficient (Wildman–Crippen LogP) is 6.59. The fourth-order valence-corrected chi connectivity index (χ4v) is 5.12. The van der Waals surface area contributed by atoms with Gasteiger partial charge in [0.2, 0.25) is 0 Å². The van der Waals surface area contributed by atoms with E-state index in [0.29, 0.717) is 47.9 Å². The Kier molecular flexibility index (Phi) is 10.8. The van der Waals surface area contributed by atoms with Crippen molar-refractivity contribution in [2.24, 2.45) is 0 Å². The van der Waals surface area contributed by atoms with Crippen LogP contribution in [0.15, 0.2) is 95.6 Å². The molecule has 3 aromatic rings. The van der Waals surface area contributed by atoms with E-state index < -0.39 is 22.8 Å². The number of hydrogen-bond acceptors (Lipinski definition) is 9. The number of hydrogen-bond donors (Lipinski definition) is 2. The molecular formula is C33H35N3O8. The van der Waals surface area contributed by atoms with Gasteiger partial charge in [0.25, 0.3) is 5.69 Å². The molecule has 1 aromatic heterocycles. The van der Waals surface area contributed by atoms with Crippen LogP contribution in [0.5, 0.6) is 11.5 Å². The first-order chi connectivity index (χ1) is 21.2. The molecule has 0 bridgehead atoms. The van der Waals surface area contributed by atoms with E-state index in [1.165, 1.54) is 18.2 Å². The van der Waals surface area contributed by atoms with E-state index in [9.17, 15) is 24.8 Å². The van der Waals surface area contributed by atoms with Crippen molar-refractivity contribution in [2.45, 2.75) is 52.1 Å². The summed E-state index contributed by atoms with van der Waals surface area (Å²) in [6, 6.07) is 17.0. The van der Waals surface area contributed by atoms with Crippen LogP contribution >= 0.6 is 0 Å². The quantitative estimate of drug-likeness (QED) is 0.0896. The van der Waals surface area contributed by atoms with E-state index in [4.69, 9.17) is 14.2 Å². The van der Waals surface area contributed by atoms with Gasteiger partial charge in [-0.05, 0) is 68.5 Å². The van der Waals surface area contributed by atoms with E-state index in [0.717, 1.165) is 12.0 Å². The molecule has 0 fully saturated rings. The summed E-state index contributed by atoms with van der Waals surface area (Å²) in [5, 5.41) is 24.3. The summed E-state index contributed by atoms with van der Waals surface area (Å²) in [5.41, 5.74) is 1.95. The van der Waals surface area contributed by atoms with Gasteiger partial charge in [0.15, 0.2) is 0 Å². The third-order valence-corrected chi connectivity index (χ3v) is 7.21. The van der Waals surface area contributed by atoms with Crippen molar-refractivity contribution >= 4 is 17.6 Å². The zero-order valence-corrected chi connectivity index (χ0v) is 24.8. The summed E-state index contributed by atoms with van der Waals surface area (Å²) < 4.78 is 17.5. The Hall–Kier alpha value is -5.03. The SMILES string of the molecule is CCC(OCCCCOC(=O)C1=C(C)NC(C)=C(C(=O)O)C1c1cccc([N+](=O)[O-])c1)c1ccc(Oc2cccnc2)cc1. The number of rotatable bonds is 14. The number of esters is 1. The van der Waals surface area contributed by atoms with Crippen LogP contribution in [-0.2, 0) is 19.1 Å². The summed E-state index contributed by atoms with van der Waals surface area (Å²) in [7, 11) is 0. The highest BCUT2D eigenvalue weighted by Crippen LogP contribution is 2.39. The first kappa shape index (κ1) is 31.9. The number of allylic oxidation sites excluding steroid dienone is 2. The van der Waals surface area contributed by atoms with Crippen molar-refractivity contribution in [3.8, 4) is 11.5 Å². The molecule has 4 rings (SSSR count). The number of nitrogens with zero attached hydrogens (tertiary/aromatic N) is 2. The number of unbranched alkanes of at least 4 members (excludes halogenated alkanes) is 1. The lowest BCUT2D eigenvalue weighted by Gasteiger charge is -2.29. The maximum absolute atomic E-state index is 13.3. The largest absolute Gasteiger partial charge is 0.478 e. The highest BCUT2D eigenvalue weighted by Gasteiger charge is 2.37. The van der Waals surface area contributed by atoms with Crippen molar-refractivity contribution in [3.05, 3.63) is 117 Å². The third-order valence-electron chi connectivity index (χ3n) is 7.21. The maximum Gasteiger partial charge on any atom is 0.336 e. The molecule has 230 valence electrons. The van der Waals surface area contributed by atoms with Crippen LogP contribution in [0.25, 0.3) is 0 Å². The number of nitro groups is 1. The van der Waals surface area contributed by atoms with E-state index in [2.05, 4.69) is 10.3 Å². The minimum atomic E-state index is -1.23. The smallest absolute Gasteiger partial charge is 0.336 e. The summed E-state index contributed by atoms with van der Waals surface area (Å²) >= 11 is 0. The number of ether oxygens (including phenoxy) is 3. The number of carboxylic acids is 1. The number of nitrogens with one attached hydrogen (secondary N) is 1. The van der Waals surface area contributed by atoms with Crippen LogP contribution in [0.3, 0.4) is 0 Å². The summed E-state index contributed by atoms with van der Waals surface area (Å²) in [5.74, 6) is -1.59. The van der Waals surface area contributed by atoms with Gasteiger partial charge in [0.05, 0.1) is 40.9 Å². The van der Waals surface area contributed by atoms with Gasteiger partial charge in [-0.3, -0.25) is 15.1 Å². The molecule has 0 saturated heterocycles. The Balaban J connectivity index is 1.32. The van der Waals surface area contributed by atoms with Gasteiger partial charge < -0.3 is 24.6 Å². The number of carbonyl (C=O) groups excluding carboxylic acids is 1. The second kappa shape index (κ2) is 14.9. The summed E-state index contributed by atoms with van der Waals surface area (Å²) in [6.45, 7) is 5.84. The zero-order chi connectivity index (χ0) is 31.6. The molecule has 11 heteroatoms. The Morgan fingerprint density at radius 1 is 1.00 bits per heavy atom. The van der Waals surface area contributed by atoms with Crippen molar-refractivity contribution in [3.63, 3.8) is 0 Å². The second-order valence-electron chi connectivity index (χ2n) is 10.3. The summed E-state index contributed by atoms with van der Waals surface area (Å²) in [4.78, 5) is 40.4. The standard InChI is InChI=1S/C33H35N3O8/c1-4-28(23-12-14-26(15-13-23)44-27-11-8-16-34-20-27)42-17-5-6-18-43-33(39)30-22(3)35-21(2)29(32(37)38)31(30)24-9-7-10-25(19-24)36(40)41/h7-16,19-20,28,31,35H,4-6,17-18H2,1-3H3,(H,37,38). The Bertz CT molecular complexity index is 1550. The molecule has 1 aliphatic rings. The van der Waals surface area contributed by atoms with Crippen LogP contribution in [0.4, 0.5) is 5.69 Å². The Labute approximate surface area is 255 Å². The topological polar surface area (TPSA) is 150 Å². The molecule has 0 amide bonds. The Morgan fingerprint density at radius 3 is 2.39 bits per heavy atom. The van der Waals surface area contributed by atoms with Crippen LogP contribution in [0, 0.1) is 10.1 Å². The monoisotopic (exact) mass is 601 g/mol. The second-order valence-corrected chi connectivity index (χ2v) is 10.3. The van der Waals surface area contributed by atoms with E-state index in [1.807, 2.05) is 43.3 Å². The first-order valence-corrected chi connectivity index (χ1v) is 14.3. The fourth-order valence-electron chi connectivity index (χ4n) is 5.12. The molecule has 0 saturated carbocycles. The molecule has 44 heavy (non-hydrogen) atoms. The number of aliphatic carboxylic acids is 1. The molecule has 2 atom stereocenters. The van der Waals surface area contributed by atoms with Gasteiger partial charge in [-0.1, -0.05) is 31.2 Å². The average Bonchev–Trinajstić information content (AvgIpc) is 3.01. The number of carboxylic acid groups (broad SMARTS) is 1. The molecule has 0 radical (unpaired) electrons. The van der Waals surface area contributed by atoms with E-state index in [-0.39, 0.29) is 29.5 Å². The number of benzene rings is 2. The number of aromatic nitrogens is 1. The molecule has 11 nitrogen and oxygen atoms in total. The molecule has 0 aliphatic carbocycles. The Morgan fingerprint density at radius 2 is 1.73 bits per heavy atom. The molecular weight excluding hydrogens is 566 g/mol. The molecule has 2 N–H and O–H groups in total. The highest BCUT2D eigenvalue weighted by molar-refractivity contribution is 5.99. The normalized spacial score (nSPS) is 15.4. The highest BCUT2D eigenvalue weighted by atomic mass is 16.6. The number of carbonyl (C=O) groups is 2. The number of non-ortho nitro benzene ring substituents is 1. The van der Waals surface area contributed by atoms with Gasteiger partial charge in [-0.25, -0.2) is 9.59 Å². The van der Waals surface area contributed by atoms with Crippen molar-refractivity contribution in [1.29, 1.82) is 0 Å². The van der Waals surface area contributed by atoms with Crippen LogP contribution in [-0.4, -0.2) is 40.2 Å². The predicted molar refractivity (Wildman–Crippen MR) is 162 cm³/mol. The van der Waals surface area contributed by atoms with E-state index >= 15 is 0 Å². The minimum Gasteiger partial charge on any atom is -0.478 e. The van der Waals surface area contributed by atoms with Gasteiger partial charge in [-0.2, -0.15) is 0 Å². The molecule has 0 spiro atoms. The maximum atomic E-state index is 13.3. The van der Waals surface area contributed by atoms with E-state index in [1.54, 1.807) is 32.3 Å². The lowest BCUT2D eigenvalue weighted by molar-refractivity contribution is -0.384. The molecule has 2 unspecified atom stereocenters. The minimum absolute atomic E-state index is 0.0706. The number of nitro benzene ring substituents is 1. The average molecular weight is 602 g/mol. The van der Waals surface area contributed by atoms with Crippen molar-refractivity contribution in [1.82, 2.24) is 10.3 Å². The number of pyridine rings is 1. The third kappa shape index (κ3) is 7.87. The number of dihydropyridines is 1. The van der Waals surface area contributed by atoms with Crippen LogP contribution < -0.4 is 10.1 Å². The molecule has 1 aliphatic heterocycles. The molecule has 2 heterocycles. The fraction of sp³-hybridized carbons (Fsp3) is 0.303. The van der Waals surface area contributed by atoms with Crippen LogP contribution in [0.1, 0.15) is 63.2 Å². The van der Waals surface area contributed by atoms with Crippen LogP contribution in [0.2, 0.25) is 0 Å². The van der Waals surface area contributed by atoms with Gasteiger partial charge >= 0.3 is 11.9 Å². The molecule has 2 aromatic carbocycles. The lowest BCUT2D eigenvalue weighted by atomic mass is 9.80. The zero-order valence-electron chi connectivity index (χ0n) is 24.8. The van der Waals surface area contributed by atoms with Crippen molar-refractivity contribution in [2.75, 3.05) is 13.2 Å². The van der Waals surface area contributed by atoms with Gasteiger partial charge in [-0.15, -0.1) is 0 Å². The van der Waals surface area contributed by atoms with Gasteiger partial charge in [0.1, 0.15) is 11.5 Å². The first-order valence-electron chi connectivity index (χ1n) is 14.3. The van der Waals surface area contributed by atoms with Gasteiger partial charge in [0, 0.05) is 36.3 Å². The summed E-state index contributed by atoms with van der Waals surface area (Å²) in [6.07, 6.45) is 5.16. The van der Waals surface area contributed by atoms with Crippen molar-refractivity contribution < 1.29 is 33.8 Å². The lowest BCUT2D eigenvalue weighted by Crippen LogP contribution is -2.32.